The molecule has 1 saturated carbocycles. The summed E-state index contributed by atoms with van der Waals surface area (Å²) in [5.41, 5.74) is 1.47. The molecule has 0 spiro atoms. The Labute approximate surface area is 148 Å². The zero-order chi connectivity index (χ0) is 18.2. The van der Waals surface area contributed by atoms with Crippen LogP contribution in [-0.2, 0) is 16.0 Å². The molecular weight excluding hydrogens is 320 g/mol. The van der Waals surface area contributed by atoms with Crippen molar-refractivity contribution in [3.05, 3.63) is 35.4 Å². The van der Waals surface area contributed by atoms with E-state index in [4.69, 9.17) is 0 Å². The number of aliphatic carboxylic acids is 1. The Bertz CT molecular complexity index is 630. The Kier molecular flexibility index (Phi) is 6.98. The standard InChI is InChI=1S/C19H26N2O4/c1-20-18(23)14-7-5-6-13(12-14)10-11-17(22)21-16-9-4-2-3-8-15(16)19(24)25/h5-7,12,15-16H,2-4,8-11H2,1H3,(H,20,23)(H,21,22)(H,24,25)/t15-,16+/m1/s1. The van der Waals surface area contributed by atoms with Crippen LogP contribution in [-0.4, -0.2) is 36.0 Å². The van der Waals surface area contributed by atoms with Crippen LogP contribution in [0.2, 0.25) is 0 Å². The molecule has 0 bridgehead atoms. The number of hydrogen-bond donors (Lipinski definition) is 3. The van der Waals surface area contributed by atoms with E-state index in [1.54, 1.807) is 25.2 Å². The van der Waals surface area contributed by atoms with Crippen LogP contribution in [0.15, 0.2) is 24.3 Å². The lowest BCUT2D eigenvalue weighted by molar-refractivity contribution is -0.143. The van der Waals surface area contributed by atoms with Crippen LogP contribution in [0.3, 0.4) is 0 Å². The fourth-order valence-electron chi connectivity index (χ4n) is 3.33. The van der Waals surface area contributed by atoms with Crippen molar-refractivity contribution in [3.8, 4) is 0 Å². The van der Waals surface area contributed by atoms with Gasteiger partial charge in [0.2, 0.25) is 5.91 Å². The van der Waals surface area contributed by atoms with Crippen molar-refractivity contribution in [1.82, 2.24) is 10.6 Å². The molecule has 1 aromatic carbocycles. The van der Waals surface area contributed by atoms with Gasteiger partial charge in [-0.2, -0.15) is 0 Å². The summed E-state index contributed by atoms with van der Waals surface area (Å²) in [6.07, 6.45) is 4.99. The van der Waals surface area contributed by atoms with Crippen LogP contribution in [0.1, 0.15) is 54.4 Å². The van der Waals surface area contributed by atoms with Gasteiger partial charge in [-0.1, -0.05) is 31.4 Å². The molecule has 0 aromatic heterocycles. The quantitative estimate of drug-likeness (QED) is 0.688. The van der Waals surface area contributed by atoms with Gasteiger partial charge < -0.3 is 15.7 Å². The predicted molar refractivity (Wildman–Crippen MR) is 94.3 cm³/mol. The van der Waals surface area contributed by atoms with Gasteiger partial charge in [-0.15, -0.1) is 0 Å². The molecule has 1 fully saturated rings. The number of carbonyl (C=O) groups excluding carboxylic acids is 2. The van der Waals surface area contributed by atoms with Crippen LogP contribution in [0.5, 0.6) is 0 Å². The van der Waals surface area contributed by atoms with Crippen molar-refractivity contribution >= 4 is 17.8 Å². The van der Waals surface area contributed by atoms with E-state index < -0.39 is 11.9 Å². The molecule has 2 rings (SSSR count). The third-order valence-electron chi connectivity index (χ3n) is 4.74. The SMILES string of the molecule is CNC(=O)c1cccc(CCC(=O)N[C@H]2CCCCC[C@H]2C(=O)O)c1. The highest BCUT2D eigenvalue weighted by Gasteiger charge is 2.30. The van der Waals surface area contributed by atoms with E-state index in [0.29, 0.717) is 18.4 Å². The van der Waals surface area contributed by atoms with E-state index in [-0.39, 0.29) is 24.3 Å². The Morgan fingerprint density at radius 3 is 2.64 bits per heavy atom. The monoisotopic (exact) mass is 346 g/mol. The molecule has 6 heteroatoms. The van der Waals surface area contributed by atoms with Gasteiger partial charge in [0, 0.05) is 25.1 Å². The normalized spacial score (nSPS) is 20.4. The van der Waals surface area contributed by atoms with Gasteiger partial charge in [0.25, 0.3) is 5.91 Å². The number of rotatable bonds is 6. The number of aryl methyl sites for hydroxylation is 1. The summed E-state index contributed by atoms with van der Waals surface area (Å²) in [4.78, 5) is 35.3. The van der Waals surface area contributed by atoms with Crippen LogP contribution < -0.4 is 10.6 Å². The van der Waals surface area contributed by atoms with Gasteiger partial charge >= 0.3 is 5.97 Å². The highest BCUT2D eigenvalue weighted by Crippen LogP contribution is 2.24. The average Bonchev–Trinajstić information content (AvgIpc) is 2.85. The van der Waals surface area contributed by atoms with Gasteiger partial charge in [0.1, 0.15) is 0 Å². The molecule has 1 aromatic rings. The van der Waals surface area contributed by atoms with Crippen molar-refractivity contribution < 1.29 is 19.5 Å². The summed E-state index contributed by atoms with van der Waals surface area (Å²) < 4.78 is 0. The topological polar surface area (TPSA) is 95.5 Å². The molecule has 136 valence electrons. The first-order valence-electron chi connectivity index (χ1n) is 8.84. The summed E-state index contributed by atoms with van der Waals surface area (Å²) in [6, 6.07) is 6.89. The van der Waals surface area contributed by atoms with Gasteiger partial charge in [-0.25, -0.2) is 0 Å². The zero-order valence-electron chi connectivity index (χ0n) is 14.6. The van der Waals surface area contributed by atoms with Crippen LogP contribution in [0.25, 0.3) is 0 Å². The van der Waals surface area contributed by atoms with E-state index in [0.717, 1.165) is 31.2 Å². The maximum atomic E-state index is 12.3. The second-order valence-corrected chi connectivity index (χ2v) is 6.54. The van der Waals surface area contributed by atoms with Crippen molar-refractivity contribution in [1.29, 1.82) is 0 Å². The van der Waals surface area contributed by atoms with E-state index in [1.807, 2.05) is 6.07 Å². The summed E-state index contributed by atoms with van der Waals surface area (Å²) in [7, 11) is 1.58. The summed E-state index contributed by atoms with van der Waals surface area (Å²) in [5, 5.41) is 14.9. The molecule has 0 unspecified atom stereocenters. The number of carboxylic acid groups (broad SMARTS) is 1. The second kappa shape index (κ2) is 9.20. The molecule has 1 aliphatic rings. The van der Waals surface area contributed by atoms with Crippen molar-refractivity contribution in [2.45, 2.75) is 51.0 Å². The van der Waals surface area contributed by atoms with Gasteiger partial charge in [0.15, 0.2) is 0 Å². The van der Waals surface area contributed by atoms with Gasteiger partial charge in [-0.05, 0) is 37.0 Å². The predicted octanol–water partition coefficient (Wildman–Crippen LogP) is 2.13. The third-order valence-corrected chi connectivity index (χ3v) is 4.74. The smallest absolute Gasteiger partial charge is 0.308 e. The molecule has 2 atom stereocenters. The van der Waals surface area contributed by atoms with Crippen LogP contribution in [0.4, 0.5) is 0 Å². The van der Waals surface area contributed by atoms with Crippen LogP contribution in [0, 0.1) is 5.92 Å². The first-order chi connectivity index (χ1) is 12.0. The lowest BCUT2D eigenvalue weighted by Crippen LogP contribution is -2.42. The van der Waals surface area contributed by atoms with E-state index in [2.05, 4.69) is 10.6 Å². The molecule has 3 N–H and O–H groups in total. The number of benzene rings is 1. The lowest BCUT2D eigenvalue weighted by Gasteiger charge is -2.22. The Hall–Kier alpha value is -2.37. The summed E-state index contributed by atoms with van der Waals surface area (Å²) in [5.74, 6) is -1.62. The van der Waals surface area contributed by atoms with E-state index in [9.17, 15) is 19.5 Å². The lowest BCUT2D eigenvalue weighted by atomic mass is 9.94. The molecule has 0 radical (unpaired) electrons. The van der Waals surface area contributed by atoms with Gasteiger partial charge in [0.05, 0.1) is 5.92 Å². The number of carboxylic acids is 1. The highest BCUT2D eigenvalue weighted by molar-refractivity contribution is 5.94. The Morgan fingerprint density at radius 1 is 1.16 bits per heavy atom. The Morgan fingerprint density at radius 2 is 1.92 bits per heavy atom. The third kappa shape index (κ3) is 5.59. The molecule has 25 heavy (non-hydrogen) atoms. The van der Waals surface area contributed by atoms with E-state index >= 15 is 0 Å². The maximum absolute atomic E-state index is 12.3. The molecular formula is C19H26N2O4. The van der Waals surface area contributed by atoms with Crippen molar-refractivity contribution in [2.75, 3.05) is 7.05 Å². The maximum Gasteiger partial charge on any atom is 0.308 e. The number of nitrogens with one attached hydrogen (secondary N) is 2. The summed E-state index contributed by atoms with van der Waals surface area (Å²) >= 11 is 0. The first kappa shape index (κ1) is 19.0. The molecule has 6 nitrogen and oxygen atoms in total. The molecule has 2 amide bonds. The molecule has 1 aliphatic carbocycles. The second-order valence-electron chi connectivity index (χ2n) is 6.54. The van der Waals surface area contributed by atoms with Gasteiger partial charge in [-0.3, -0.25) is 14.4 Å². The summed E-state index contributed by atoms with van der Waals surface area (Å²) in [6.45, 7) is 0. The zero-order valence-corrected chi connectivity index (χ0v) is 14.6. The minimum Gasteiger partial charge on any atom is -0.481 e. The Balaban J connectivity index is 1.91. The van der Waals surface area contributed by atoms with Crippen molar-refractivity contribution in [2.24, 2.45) is 5.92 Å². The number of hydrogen-bond acceptors (Lipinski definition) is 3. The minimum absolute atomic E-state index is 0.136. The highest BCUT2D eigenvalue weighted by atomic mass is 16.4. The molecule has 0 saturated heterocycles. The molecule has 0 aliphatic heterocycles. The largest absolute Gasteiger partial charge is 0.481 e. The number of amides is 2. The number of carbonyl (C=O) groups is 3. The van der Waals surface area contributed by atoms with Crippen LogP contribution >= 0.6 is 0 Å². The molecule has 0 heterocycles. The minimum atomic E-state index is -0.828. The van der Waals surface area contributed by atoms with Crippen molar-refractivity contribution in [3.63, 3.8) is 0 Å². The fourth-order valence-corrected chi connectivity index (χ4v) is 3.33. The first-order valence-corrected chi connectivity index (χ1v) is 8.84. The fraction of sp³-hybridized carbons (Fsp3) is 0.526. The average molecular weight is 346 g/mol. The van der Waals surface area contributed by atoms with E-state index in [1.165, 1.54) is 0 Å².